The fourth-order valence-corrected chi connectivity index (χ4v) is 2.17. The minimum Gasteiger partial charge on any atom is -0.380 e. The third-order valence-electron chi connectivity index (χ3n) is 3.33. The van der Waals surface area contributed by atoms with Gasteiger partial charge >= 0.3 is 0 Å². The summed E-state index contributed by atoms with van der Waals surface area (Å²) in [6.45, 7) is 13.5. The Balaban J connectivity index is 0. The molecule has 0 aromatic rings. The lowest BCUT2D eigenvalue weighted by molar-refractivity contribution is -0.207. The molecule has 3 nitrogen and oxygen atoms in total. The SMILES string of the molecule is C=C.CCCCCCCC(CCC#CC(O)CC)OC(C)(C)O. The summed E-state index contributed by atoms with van der Waals surface area (Å²) in [6.07, 6.45) is 8.82. The molecule has 0 bridgehead atoms. The summed E-state index contributed by atoms with van der Waals surface area (Å²) >= 11 is 0. The second kappa shape index (κ2) is 16.1. The molecule has 136 valence electrons. The van der Waals surface area contributed by atoms with Crippen LogP contribution in [-0.2, 0) is 4.74 Å². The van der Waals surface area contributed by atoms with E-state index in [0.29, 0.717) is 12.8 Å². The van der Waals surface area contributed by atoms with E-state index in [1.807, 2.05) is 6.92 Å². The van der Waals surface area contributed by atoms with Gasteiger partial charge in [-0.25, -0.2) is 0 Å². The highest BCUT2D eigenvalue weighted by molar-refractivity contribution is 5.04. The molecule has 3 heteroatoms. The van der Waals surface area contributed by atoms with E-state index in [1.165, 1.54) is 25.7 Å². The third-order valence-corrected chi connectivity index (χ3v) is 3.33. The van der Waals surface area contributed by atoms with Gasteiger partial charge in [0.15, 0.2) is 5.79 Å². The second-order valence-electron chi connectivity index (χ2n) is 6.17. The Bertz CT molecular complexity index is 309. The van der Waals surface area contributed by atoms with E-state index in [0.717, 1.165) is 19.3 Å². The molecule has 0 rings (SSSR count). The Hall–Kier alpha value is -0.820. The first kappa shape index (κ1) is 24.4. The zero-order chi connectivity index (χ0) is 18.1. The summed E-state index contributed by atoms with van der Waals surface area (Å²) < 4.78 is 5.70. The van der Waals surface area contributed by atoms with Crippen LogP contribution in [0.3, 0.4) is 0 Å². The number of unbranched alkanes of at least 4 members (excludes halogenated alkanes) is 4. The van der Waals surface area contributed by atoms with Gasteiger partial charge in [0.05, 0.1) is 6.10 Å². The molecule has 0 aliphatic heterocycles. The third kappa shape index (κ3) is 19.1. The lowest BCUT2D eigenvalue weighted by Gasteiger charge is -2.26. The Morgan fingerprint density at radius 3 is 2.17 bits per heavy atom. The molecule has 0 aromatic heterocycles. The maximum absolute atomic E-state index is 9.81. The summed E-state index contributed by atoms with van der Waals surface area (Å²) in [5.41, 5.74) is 0. The summed E-state index contributed by atoms with van der Waals surface area (Å²) in [6, 6.07) is 0. The van der Waals surface area contributed by atoms with Gasteiger partial charge in [0.25, 0.3) is 0 Å². The normalized spacial score (nSPS) is 13.3. The molecule has 0 radical (unpaired) electrons. The van der Waals surface area contributed by atoms with Crippen molar-refractivity contribution < 1.29 is 14.9 Å². The first-order chi connectivity index (χ1) is 10.9. The minimum atomic E-state index is -1.09. The fraction of sp³-hybridized carbons (Fsp3) is 0.800. The zero-order valence-electron chi connectivity index (χ0n) is 15.7. The van der Waals surface area contributed by atoms with E-state index in [1.54, 1.807) is 13.8 Å². The van der Waals surface area contributed by atoms with E-state index >= 15 is 0 Å². The van der Waals surface area contributed by atoms with Crippen molar-refractivity contribution in [2.24, 2.45) is 0 Å². The van der Waals surface area contributed by atoms with Crippen molar-refractivity contribution in [3.8, 4) is 11.8 Å². The van der Waals surface area contributed by atoms with E-state index in [-0.39, 0.29) is 6.10 Å². The van der Waals surface area contributed by atoms with E-state index < -0.39 is 11.9 Å². The number of ether oxygens (including phenoxy) is 1. The van der Waals surface area contributed by atoms with Crippen LogP contribution in [-0.4, -0.2) is 28.2 Å². The van der Waals surface area contributed by atoms with Gasteiger partial charge in [-0.2, -0.15) is 0 Å². The Morgan fingerprint density at radius 1 is 1.04 bits per heavy atom. The van der Waals surface area contributed by atoms with Crippen LogP contribution >= 0.6 is 0 Å². The fourth-order valence-electron chi connectivity index (χ4n) is 2.17. The smallest absolute Gasteiger partial charge is 0.160 e. The van der Waals surface area contributed by atoms with Crippen LogP contribution in [0.25, 0.3) is 0 Å². The van der Waals surface area contributed by atoms with Crippen LogP contribution < -0.4 is 0 Å². The summed E-state index contributed by atoms with van der Waals surface area (Å²) in [5, 5.41) is 19.2. The lowest BCUT2D eigenvalue weighted by Crippen LogP contribution is -2.30. The number of aliphatic hydroxyl groups is 2. The number of hydrogen-bond acceptors (Lipinski definition) is 3. The molecule has 2 atom stereocenters. The van der Waals surface area contributed by atoms with Crippen molar-refractivity contribution in [2.75, 3.05) is 0 Å². The van der Waals surface area contributed by atoms with Crippen molar-refractivity contribution in [1.29, 1.82) is 0 Å². The van der Waals surface area contributed by atoms with Crippen LogP contribution in [0.1, 0.15) is 85.5 Å². The van der Waals surface area contributed by atoms with Crippen molar-refractivity contribution in [1.82, 2.24) is 0 Å². The van der Waals surface area contributed by atoms with Gasteiger partial charge in [-0.15, -0.1) is 19.1 Å². The van der Waals surface area contributed by atoms with Crippen LogP contribution in [0.5, 0.6) is 0 Å². The number of aliphatic hydroxyl groups excluding tert-OH is 1. The standard InChI is InChI=1S/C18H34O3.C2H4/c1-5-7-8-9-10-14-17(21-18(3,4)20)15-12-11-13-16(19)6-2;1-2/h16-17,19-20H,5-10,12,14-15H2,1-4H3;1-2H2. The highest BCUT2D eigenvalue weighted by Gasteiger charge is 2.19. The maximum atomic E-state index is 9.81. The van der Waals surface area contributed by atoms with Crippen LogP contribution in [0.15, 0.2) is 13.2 Å². The van der Waals surface area contributed by atoms with Gasteiger partial charge in [-0.1, -0.05) is 51.9 Å². The van der Waals surface area contributed by atoms with E-state index in [2.05, 4.69) is 31.9 Å². The second-order valence-corrected chi connectivity index (χ2v) is 6.17. The molecule has 0 spiro atoms. The zero-order valence-corrected chi connectivity index (χ0v) is 15.7. The van der Waals surface area contributed by atoms with Gasteiger partial charge < -0.3 is 14.9 Å². The van der Waals surface area contributed by atoms with Crippen LogP contribution in [0.4, 0.5) is 0 Å². The topological polar surface area (TPSA) is 49.7 Å². The van der Waals surface area contributed by atoms with Gasteiger partial charge in [0, 0.05) is 6.42 Å². The molecule has 0 aliphatic carbocycles. The molecular weight excluding hydrogens is 288 g/mol. The Labute approximate surface area is 144 Å². The predicted octanol–water partition coefficient (Wildman–Crippen LogP) is 4.82. The highest BCUT2D eigenvalue weighted by Crippen LogP contribution is 2.18. The van der Waals surface area contributed by atoms with Crippen molar-refractivity contribution in [3.05, 3.63) is 13.2 Å². The molecule has 2 N–H and O–H groups in total. The molecule has 0 amide bonds. The molecular formula is C20H38O3. The average Bonchev–Trinajstić information content (AvgIpc) is 2.51. The van der Waals surface area contributed by atoms with Crippen molar-refractivity contribution in [3.63, 3.8) is 0 Å². The van der Waals surface area contributed by atoms with Gasteiger partial charge in [0.2, 0.25) is 0 Å². The minimum absolute atomic E-state index is 0.0414. The molecule has 0 fully saturated rings. The molecule has 2 unspecified atom stereocenters. The van der Waals surface area contributed by atoms with Crippen LogP contribution in [0.2, 0.25) is 0 Å². The first-order valence-corrected chi connectivity index (χ1v) is 8.95. The van der Waals surface area contributed by atoms with Crippen LogP contribution in [0, 0.1) is 11.8 Å². The van der Waals surface area contributed by atoms with Gasteiger partial charge in [-0.3, -0.25) is 0 Å². The predicted molar refractivity (Wildman–Crippen MR) is 99.1 cm³/mol. The lowest BCUT2D eigenvalue weighted by atomic mass is 10.0. The van der Waals surface area contributed by atoms with E-state index in [9.17, 15) is 10.2 Å². The quantitative estimate of drug-likeness (QED) is 0.248. The molecule has 0 aromatic carbocycles. The Morgan fingerprint density at radius 2 is 1.65 bits per heavy atom. The maximum Gasteiger partial charge on any atom is 0.160 e. The highest BCUT2D eigenvalue weighted by atomic mass is 16.6. The first-order valence-electron chi connectivity index (χ1n) is 8.95. The molecule has 0 heterocycles. The molecule has 0 saturated carbocycles. The average molecular weight is 327 g/mol. The van der Waals surface area contributed by atoms with Gasteiger partial charge in [-0.05, 0) is 33.1 Å². The van der Waals surface area contributed by atoms with Gasteiger partial charge in [0.1, 0.15) is 6.10 Å². The van der Waals surface area contributed by atoms with Crippen molar-refractivity contribution in [2.45, 2.75) is 103 Å². The summed E-state index contributed by atoms with van der Waals surface area (Å²) in [5.74, 6) is 4.73. The molecule has 0 saturated heterocycles. The monoisotopic (exact) mass is 326 g/mol. The summed E-state index contributed by atoms with van der Waals surface area (Å²) in [7, 11) is 0. The largest absolute Gasteiger partial charge is 0.380 e. The van der Waals surface area contributed by atoms with Crippen molar-refractivity contribution >= 4 is 0 Å². The number of hydrogen-bond donors (Lipinski definition) is 2. The summed E-state index contributed by atoms with van der Waals surface area (Å²) in [4.78, 5) is 0. The number of rotatable bonds is 11. The van der Waals surface area contributed by atoms with E-state index in [4.69, 9.17) is 4.74 Å². The molecule has 23 heavy (non-hydrogen) atoms. The molecule has 0 aliphatic rings. The Kier molecular flexibility index (Phi) is 17.1.